The van der Waals surface area contributed by atoms with Gasteiger partial charge < -0.3 is 14.9 Å². The highest BCUT2D eigenvalue weighted by Crippen LogP contribution is 2.02. The molecule has 0 amide bonds. The van der Waals surface area contributed by atoms with Crippen molar-refractivity contribution in [2.75, 3.05) is 0 Å². The average Bonchev–Trinajstić information content (AvgIpc) is 2.00. The van der Waals surface area contributed by atoms with Gasteiger partial charge in [-0.15, -0.1) is 0 Å². The van der Waals surface area contributed by atoms with Gasteiger partial charge in [0.25, 0.3) is 0 Å². The molecule has 2 N–H and O–H groups in total. The number of ether oxygens (including phenoxy) is 1. The van der Waals surface area contributed by atoms with Crippen molar-refractivity contribution in [1.82, 2.24) is 0 Å². The van der Waals surface area contributed by atoms with Gasteiger partial charge in [-0.2, -0.15) is 0 Å². The predicted molar refractivity (Wildman–Crippen MR) is 43.3 cm³/mol. The second-order valence-electron chi connectivity index (χ2n) is 2.71. The topological polar surface area (TPSA) is 66.8 Å². The third kappa shape index (κ3) is 5.09. The molecule has 2 unspecified atom stereocenters. The number of aliphatic hydroxyl groups is 2. The molecule has 0 heterocycles. The van der Waals surface area contributed by atoms with Crippen LogP contribution in [-0.4, -0.2) is 28.6 Å². The quantitative estimate of drug-likeness (QED) is 0.470. The van der Waals surface area contributed by atoms with Gasteiger partial charge in [0.2, 0.25) is 6.29 Å². The third-order valence-corrected chi connectivity index (χ3v) is 1.40. The molecule has 0 aliphatic carbocycles. The molecule has 12 heavy (non-hydrogen) atoms. The summed E-state index contributed by atoms with van der Waals surface area (Å²) < 4.78 is 4.48. The van der Waals surface area contributed by atoms with Gasteiger partial charge in [0, 0.05) is 6.42 Å². The van der Waals surface area contributed by atoms with E-state index in [1.165, 1.54) is 6.92 Å². The smallest absolute Gasteiger partial charge is 0.336 e. The summed E-state index contributed by atoms with van der Waals surface area (Å²) in [6.45, 7) is 3.28. The zero-order valence-corrected chi connectivity index (χ0v) is 7.49. The number of hydrogen-bond acceptors (Lipinski definition) is 4. The molecule has 0 saturated carbocycles. The van der Waals surface area contributed by atoms with Crippen LogP contribution in [0.5, 0.6) is 0 Å². The van der Waals surface area contributed by atoms with Gasteiger partial charge in [-0.25, -0.2) is 4.79 Å². The molecule has 2 atom stereocenters. The van der Waals surface area contributed by atoms with Gasteiger partial charge in [-0.3, -0.25) is 0 Å². The lowest BCUT2D eigenvalue weighted by Crippen LogP contribution is -2.25. The Hall–Kier alpha value is -0.610. The van der Waals surface area contributed by atoms with Gasteiger partial charge in [0.1, 0.15) is 6.10 Å². The van der Waals surface area contributed by atoms with Crippen LogP contribution >= 0.6 is 0 Å². The molecule has 0 rings (SSSR count). The number of aliphatic hydroxyl groups excluding tert-OH is 2. The standard InChI is InChI=1S/C8H16O4/c1-3-4-5-7(10)12-8(11)6(2)9/h6-7,9-10H,3-5H2,1-2H3. The molecule has 0 aromatic carbocycles. The van der Waals surface area contributed by atoms with E-state index in [1.54, 1.807) is 0 Å². The Balaban J connectivity index is 3.54. The van der Waals surface area contributed by atoms with Gasteiger partial charge in [0.05, 0.1) is 0 Å². The molecule has 0 aromatic rings. The minimum absolute atomic E-state index is 0.426. The first kappa shape index (κ1) is 11.4. The van der Waals surface area contributed by atoms with Crippen molar-refractivity contribution >= 4 is 5.97 Å². The molecule has 0 bridgehead atoms. The average molecular weight is 176 g/mol. The van der Waals surface area contributed by atoms with E-state index in [-0.39, 0.29) is 0 Å². The Morgan fingerprint density at radius 3 is 2.50 bits per heavy atom. The molecule has 0 spiro atoms. The summed E-state index contributed by atoms with van der Waals surface area (Å²) in [7, 11) is 0. The normalized spacial score (nSPS) is 15.3. The van der Waals surface area contributed by atoms with Gasteiger partial charge >= 0.3 is 5.97 Å². The molecule has 0 aromatic heterocycles. The first-order chi connectivity index (χ1) is 5.57. The van der Waals surface area contributed by atoms with E-state index in [0.29, 0.717) is 6.42 Å². The molecule has 4 heteroatoms. The number of carbonyl (C=O) groups excluding carboxylic acids is 1. The Morgan fingerprint density at radius 2 is 2.08 bits per heavy atom. The van der Waals surface area contributed by atoms with E-state index in [1.807, 2.05) is 6.92 Å². The maximum atomic E-state index is 10.7. The lowest BCUT2D eigenvalue weighted by Gasteiger charge is -2.12. The van der Waals surface area contributed by atoms with Crippen molar-refractivity contribution in [3.05, 3.63) is 0 Å². The molecular weight excluding hydrogens is 160 g/mol. The number of esters is 1. The molecular formula is C8H16O4. The van der Waals surface area contributed by atoms with Crippen LogP contribution in [0.3, 0.4) is 0 Å². The second-order valence-corrected chi connectivity index (χ2v) is 2.71. The molecule has 72 valence electrons. The van der Waals surface area contributed by atoms with Crippen LogP contribution < -0.4 is 0 Å². The van der Waals surface area contributed by atoms with Crippen LogP contribution in [0.15, 0.2) is 0 Å². The number of rotatable bonds is 5. The van der Waals surface area contributed by atoms with Gasteiger partial charge in [-0.05, 0) is 13.3 Å². The van der Waals surface area contributed by atoms with Crippen LogP contribution in [0.25, 0.3) is 0 Å². The fourth-order valence-electron chi connectivity index (χ4n) is 0.670. The maximum Gasteiger partial charge on any atom is 0.336 e. The van der Waals surface area contributed by atoms with E-state index in [4.69, 9.17) is 10.2 Å². The minimum atomic E-state index is -1.17. The minimum Gasteiger partial charge on any atom is -0.434 e. The summed E-state index contributed by atoms with van der Waals surface area (Å²) >= 11 is 0. The van der Waals surface area contributed by atoms with Gasteiger partial charge in [-0.1, -0.05) is 13.3 Å². The second kappa shape index (κ2) is 5.97. The van der Waals surface area contributed by atoms with Crippen molar-refractivity contribution < 1.29 is 19.7 Å². The highest BCUT2D eigenvalue weighted by Gasteiger charge is 2.14. The van der Waals surface area contributed by atoms with Crippen molar-refractivity contribution in [3.8, 4) is 0 Å². The largest absolute Gasteiger partial charge is 0.434 e. The van der Waals surface area contributed by atoms with E-state index in [2.05, 4.69) is 4.74 Å². The summed E-state index contributed by atoms with van der Waals surface area (Å²) in [5.74, 6) is -0.779. The maximum absolute atomic E-state index is 10.7. The first-order valence-electron chi connectivity index (χ1n) is 4.14. The zero-order valence-electron chi connectivity index (χ0n) is 7.49. The van der Waals surface area contributed by atoms with E-state index in [9.17, 15) is 4.79 Å². The van der Waals surface area contributed by atoms with E-state index < -0.39 is 18.4 Å². The van der Waals surface area contributed by atoms with Crippen LogP contribution in [0.1, 0.15) is 33.1 Å². The number of carbonyl (C=O) groups is 1. The first-order valence-corrected chi connectivity index (χ1v) is 4.14. The molecule has 0 aliphatic heterocycles. The SMILES string of the molecule is CCCCC(O)OC(=O)C(C)O. The summed E-state index contributed by atoms with van der Waals surface area (Å²) in [5, 5.41) is 17.8. The number of unbranched alkanes of at least 4 members (excludes halogenated alkanes) is 1. The van der Waals surface area contributed by atoms with Crippen molar-refractivity contribution in [3.63, 3.8) is 0 Å². The Kier molecular flexibility index (Phi) is 5.66. The Morgan fingerprint density at radius 1 is 1.50 bits per heavy atom. The van der Waals surface area contributed by atoms with Crippen molar-refractivity contribution in [2.24, 2.45) is 0 Å². The monoisotopic (exact) mass is 176 g/mol. The van der Waals surface area contributed by atoms with E-state index >= 15 is 0 Å². The highest BCUT2D eigenvalue weighted by atomic mass is 16.6. The van der Waals surface area contributed by atoms with Crippen LogP contribution in [-0.2, 0) is 9.53 Å². The van der Waals surface area contributed by atoms with E-state index in [0.717, 1.165) is 12.8 Å². The fraction of sp³-hybridized carbons (Fsp3) is 0.875. The predicted octanol–water partition coefficient (Wildman–Crippen LogP) is 0.419. The molecule has 0 aliphatic rings. The van der Waals surface area contributed by atoms with Gasteiger partial charge in [0.15, 0.2) is 0 Å². The van der Waals surface area contributed by atoms with Crippen molar-refractivity contribution in [2.45, 2.75) is 45.5 Å². The Labute approximate surface area is 72.2 Å². The highest BCUT2D eigenvalue weighted by molar-refractivity contribution is 5.73. The number of hydrogen-bond donors (Lipinski definition) is 2. The summed E-state index contributed by atoms with van der Waals surface area (Å²) in [6.07, 6.45) is -0.0831. The summed E-state index contributed by atoms with van der Waals surface area (Å²) in [6, 6.07) is 0. The third-order valence-electron chi connectivity index (χ3n) is 1.40. The van der Waals surface area contributed by atoms with Crippen LogP contribution in [0, 0.1) is 0 Å². The van der Waals surface area contributed by atoms with Crippen molar-refractivity contribution in [1.29, 1.82) is 0 Å². The summed E-state index contributed by atoms with van der Waals surface area (Å²) in [5.41, 5.74) is 0. The molecule has 4 nitrogen and oxygen atoms in total. The zero-order chi connectivity index (χ0) is 9.56. The van der Waals surface area contributed by atoms with Crippen LogP contribution in [0.2, 0.25) is 0 Å². The fourth-order valence-corrected chi connectivity index (χ4v) is 0.670. The van der Waals surface area contributed by atoms with Crippen LogP contribution in [0.4, 0.5) is 0 Å². The molecule has 0 fully saturated rings. The molecule has 0 radical (unpaired) electrons. The lowest BCUT2D eigenvalue weighted by atomic mass is 10.2. The Bertz CT molecular complexity index is 133. The molecule has 0 saturated heterocycles. The summed E-state index contributed by atoms with van der Waals surface area (Å²) in [4.78, 5) is 10.7. The lowest BCUT2D eigenvalue weighted by molar-refractivity contribution is -0.177.